The van der Waals surface area contributed by atoms with Crippen LogP contribution in [0.25, 0.3) is 0 Å². The molecule has 0 heterocycles. The fourth-order valence-corrected chi connectivity index (χ4v) is 2.05. The number of Topliss-reactive ketones (excluding diaryl/α,β-unsaturated/α-hetero) is 1. The van der Waals surface area contributed by atoms with Gasteiger partial charge in [-0.3, -0.25) is 4.79 Å². The number of hydrogen-bond donors (Lipinski definition) is 0. The van der Waals surface area contributed by atoms with Crippen LogP contribution < -0.4 is 4.74 Å². The van der Waals surface area contributed by atoms with Gasteiger partial charge in [0.05, 0.1) is 0 Å². The number of ketones is 1. The number of carbonyl (C=O) groups excluding carboxylic acids is 1. The molecule has 0 amide bonds. The number of aryl methyl sites for hydroxylation is 1. The van der Waals surface area contributed by atoms with Gasteiger partial charge in [-0.05, 0) is 58.8 Å². The molecule has 0 N–H and O–H groups in total. The smallest absolute Gasteiger partial charge is 0.200 e. The second kappa shape index (κ2) is 6.70. The molecule has 0 radical (unpaired) electrons. The van der Waals surface area contributed by atoms with Crippen molar-refractivity contribution < 1.29 is 9.53 Å². The van der Waals surface area contributed by atoms with Crippen molar-refractivity contribution in [1.29, 1.82) is 0 Å². The summed E-state index contributed by atoms with van der Waals surface area (Å²) in [5, 5.41) is 0. The van der Waals surface area contributed by atoms with Crippen molar-refractivity contribution in [3.05, 3.63) is 63.2 Å². The fourth-order valence-electron chi connectivity index (χ4n) is 1.69. The van der Waals surface area contributed by atoms with Crippen molar-refractivity contribution in [1.82, 2.24) is 0 Å². The molecule has 0 saturated heterocycles. The minimum Gasteiger partial charge on any atom is -0.485 e. The zero-order chi connectivity index (χ0) is 13.7. The Bertz CT molecular complexity index is 544. The third-order valence-electron chi connectivity index (χ3n) is 2.87. The summed E-state index contributed by atoms with van der Waals surface area (Å²) in [6.45, 7) is 2.17. The summed E-state index contributed by atoms with van der Waals surface area (Å²) in [6, 6.07) is 15.3. The SMILES string of the molecule is CCc1ccc(C(=O)COc2ccc(I)cc2)cc1. The highest BCUT2D eigenvalue weighted by Crippen LogP contribution is 2.14. The summed E-state index contributed by atoms with van der Waals surface area (Å²) in [6.07, 6.45) is 0.980. The van der Waals surface area contributed by atoms with Crippen LogP contribution in [0.15, 0.2) is 48.5 Å². The first-order valence-corrected chi connectivity index (χ1v) is 7.27. The highest BCUT2D eigenvalue weighted by molar-refractivity contribution is 14.1. The van der Waals surface area contributed by atoms with E-state index in [0.29, 0.717) is 5.56 Å². The van der Waals surface area contributed by atoms with Gasteiger partial charge >= 0.3 is 0 Å². The maximum absolute atomic E-state index is 12.0. The zero-order valence-electron chi connectivity index (χ0n) is 10.7. The maximum atomic E-state index is 12.0. The number of hydrogen-bond acceptors (Lipinski definition) is 2. The average Bonchev–Trinajstić information content (AvgIpc) is 2.46. The van der Waals surface area contributed by atoms with Crippen LogP contribution in [0.2, 0.25) is 0 Å². The fraction of sp³-hybridized carbons (Fsp3) is 0.188. The molecule has 0 unspecified atom stereocenters. The highest BCUT2D eigenvalue weighted by atomic mass is 127. The standard InChI is InChI=1S/C16H15IO2/c1-2-12-3-5-13(6-4-12)16(18)11-19-15-9-7-14(17)8-10-15/h3-10H,2,11H2,1H3. The van der Waals surface area contributed by atoms with Crippen molar-refractivity contribution in [2.45, 2.75) is 13.3 Å². The minimum absolute atomic E-state index is 0.00111. The highest BCUT2D eigenvalue weighted by Gasteiger charge is 2.06. The third-order valence-corrected chi connectivity index (χ3v) is 3.59. The van der Waals surface area contributed by atoms with E-state index in [4.69, 9.17) is 4.74 Å². The molecule has 0 spiro atoms. The second-order valence-electron chi connectivity index (χ2n) is 4.22. The summed E-state index contributed by atoms with van der Waals surface area (Å²) in [4.78, 5) is 12.0. The molecule has 0 bridgehead atoms. The molecule has 0 aliphatic heterocycles. The molecule has 0 saturated carbocycles. The summed E-state index contributed by atoms with van der Waals surface area (Å²) in [7, 11) is 0. The van der Waals surface area contributed by atoms with Crippen LogP contribution in [0.3, 0.4) is 0 Å². The summed E-state index contributed by atoms with van der Waals surface area (Å²) < 4.78 is 6.63. The van der Waals surface area contributed by atoms with Gasteiger partial charge < -0.3 is 4.74 Å². The normalized spacial score (nSPS) is 10.2. The number of benzene rings is 2. The second-order valence-corrected chi connectivity index (χ2v) is 5.46. The Kier molecular flexibility index (Phi) is 4.96. The largest absolute Gasteiger partial charge is 0.485 e. The van der Waals surface area contributed by atoms with Gasteiger partial charge in [0.2, 0.25) is 0 Å². The first kappa shape index (κ1) is 14.1. The molecule has 19 heavy (non-hydrogen) atoms. The van der Waals surface area contributed by atoms with Crippen LogP contribution in [-0.4, -0.2) is 12.4 Å². The van der Waals surface area contributed by atoms with Crippen molar-refractivity contribution >= 4 is 28.4 Å². The Balaban J connectivity index is 1.95. The Hall–Kier alpha value is -1.36. The van der Waals surface area contributed by atoms with Crippen molar-refractivity contribution in [3.63, 3.8) is 0 Å². The van der Waals surface area contributed by atoms with Crippen LogP contribution in [0.1, 0.15) is 22.8 Å². The first-order chi connectivity index (χ1) is 9.19. The van der Waals surface area contributed by atoms with Crippen molar-refractivity contribution in [3.8, 4) is 5.75 Å². The van der Waals surface area contributed by atoms with E-state index in [9.17, 15) is 4.79 Å². The molecule has 0 aliphatic rings. The topological polar surface area (TPSA) is 26.3 Å². The quantitative estimate of drug-likeness (QED) is 0.588. The molecule has 2 rings (SSSR count). The Labute approximate surface area is 126 Å². The molecule has 3 heteroatoms. The number of carbonyl (C=O) groups is 1. The van der Waals surface area contributed by atoms with Crippen LogP contribution in [-0.2, 0) is 6.42 Å². The van der Waals surface area contributed by atoms with E-state index >= 15 is 0 Å². The van der Waals surface area contributed by atoms with Gasteiger partial charge in [-0.2, -0.15) is 0 Å². The van der Waals surface area contributed by atoms with Gasteiger partial charge in [-0.25, -0.2) is 0 Å². The lowest BCUT2D eigenvalue weighted by molar-refractivity contribution is 0.0921. The van der Waals surface area contributed by atoms with E-state index < -0.39 is 0 Å². The maximum Gasteiger partial charge on any atom is 0.200 e. The minimum atomic E-state index is 0.00111. The summed E-state index contributed by atoms with van der Waals surface area (Å²) in [5.41, 5.74) is 1.93. The molecule has 0 aromatic heterocycles. The molecule has 0 atom stereocenters. The molecule has 0 fully saturated rings. The van der Waals surface area contributed by atoms with Crippen LogP contribution in [0.4, 0.5) is 0 Å². The van der Waals surface area contributed by atoms with Gasteiger partial charge in [0.25, 0.3) is 0 Å². The lowest BCUT2D eigenvalue weighted by atomic mass is 10.1. The van der Waals surface area contributed by atoms with Gasteiger partial charge in [-0.15, -0.1) is 0 Å². The zero-order valence-corrected chi connectivity index (χ0v) is 12.9. The first-order valence-electron chi connectivity index (χ1n) is 6.19. The summed E-state index contributed by atoms with van der Waals surface area (Å²) >= 11 is 2.23. The number of halogens is 1. The van der Waals surface area contributed by atoms with Gasteiger partial charge in [-0.1, -0.05) is 31.2 Å². The van der Waals surface area contributed by atoms with E-state index in [1.54, 1.807) is 0 Å². The molecule has 98 valence electrons. The monoisotopic (exact) mass is 366 g/mol. The van der Waals surface area contributed by atoms with E-state index in [0.717, 1.165) is 15.7 Å². The summed E-state index contributed by atoms with van der Waals surface area (Å²) in [5.74, 6) is 0.722. The van der Waals surface area contributed by atoms with E-state index in [-0.39, 0.29) is 12.4 Å². The predicted octanol–water partition coefficient (Wildman–Crippen LogP) is 4.12. The van der Waals surface area contributed by atoms with E-state index in [1.807, 2.05) is 48.5 Å². The molecular formula is C16H15IO2. The Morgan fingerprint density at radius 3 is 2.26 bits per heavy atom. The Morgan fingerprint density at radius 2 is 1.68 bits per heavy atom. The van der Waals surface area contributed by atoms with Gasteiger partial charge in [0.1, 0.15) is 5.75 Å². The molecular weight excluding hydrogens is 351 g/mol. The number of rotatable bonds is 5. The number of ether oxygens (including phenoxy) is 1. The van der Waals surface area contributed by atoms with Crippen molar-refractivity contribution in [2.75, 3.05) is 6.61 Å². The van der Waals surface area contributed by atoms with Gasteiger partial charge in [0, 0.05) is 9.13 Å². The molecule has 2 aromatic rings. The molecule has 2 aromatic carbocycles. The van der Waals surface area contributed by atoms with Crippen LogP contribution in [0, 0.1) is 3.57 Å². The van der Waals surface area contributed by atoms with Gasteiger partial charge in [0.15, 0.2) is 12.4 Å². The molecule has 0 aliphatic carbocycles. The predicted molar refractivity (Wildman–Crippen MR) is 84.8 cm³/mol. The lowest BCUT2D eigenvalue weighted by Crippen LogP contribution is -2.11. The Morgan fingerprint density at radius 1 is 1.05 bits per heavy atom. The van der Waals surface area contributed by atoms with E-state index in [1.165, 1.54) is 5.56 Å². The van der Waals surface area contributed by atoms with Crippen LogP contribution in [0.5, 0.6) is 5.75 Å². The van der Waals surface area contributed by atoms with Crippen molar-refractivity contribution in [2.24, 2.45) is 0 Å². The molecule has 2 nitrogen and oxygen atoms in total. The van der Waals surface area contributed by atoms with E-state index in [2.05, 4.69) is 29.5 Å². The average molecular weight is 366 g/mol. The lowest BCUT2D eigenvalue weighted by Gasteiger charge is -2.06. The van der Waals surface area contributed by atoms with Crippen LogP contribution >= 0.6 is 22.6 Å². The third kappa shape index (κ3) is 4.06.